The topological polar surface area (TPSA) is 30.9 Å². The van der Waals surface area contributed by atoms with Crippen molar-refractivity contribution in [3.63, 3.8) is 0 Å². The third kappa shape index (κ3) is 1.59. The van der Waals surface area contributed by atoms with E-state index in [9.17, 15) is 0 Å². The summed E-state index contributed by atoms with van der Waals surface area (Å²) in [6.45, 7) is 5.48. The van der Waals surface area contributed by atoms with Crippen LogP contribution in [-0.4, -0.2) is 10.6 Å². The van der Waals surface area contributed by atoms with Gasteiger partial charge in [0.15, 0.2) is 0 Å². The highest BCUT2D eigenvalue weighted by molar-refractivity contribution is 5.87. The van der Waals surface area contributed by atoms with Gasteiger partial charge in [-0.1, -0.05) is 25.1 Å². The molecular weight excluding hydrogens is 208 g/mol. The van der Waals surface area contributed by atoms with Gasteiger partial charge in [-0.05, 0) is 36.8 Å². The van der Waals surface area contributed by atoms with Gasteiger partial charge in [-0.15, -0.1) is 0 Å². The first kappa shape index (κ1) is 10.8. The highest BCUT2D eigenvalue weighted by Crippen LogP contribution is 2.33. The molecule has 0 aliphatic carbocycles. The van der Waals surface area contributed by atoms with Crippen LogP contribution in [0.4, 0.5) is 0 Å². The molecule has 3 rings (SSSR count). The molecule has 17 heavy (non-hydrogen) atoms. The molecule has 0 saturated heterocycles. The second-order valence-electron chi connectivity index (χ2n) is 5.34. The maximum Gasteiger partial charge on any atom is 0.0515 e. The van der Waals surface area contributed by atoms with E-state index in [0.717, 1.165) is 6.54 Å². The van der Waals surface area contributed by atoms with Crippen molar-refractivity contribution >= 4 is 10.9 Å². The van der Waals surface area contributed by atoms with Crippen molar-refractivity contribution in [1.82, 2.24) is 4.57 Å². The van der Waals surface area contributed by atoms with E-state index >= 15 is 0 Å². The number of aryl methyl sites for hydroxylation is 2. The van der Waals surface area contributed by atoms with Crippen molar-refractivity contribution in [2.45, 2.75) is 45.2 Å². The summed E-state index contributed by atoms with van der Waals surface area (Å²) in [5.41, 5.74) is 10.4. The molecule has 2 unspecified atom stereocenters. The van der Waals surface area contributed by atoms with Gasteiger partial charge < -0.3 is 10.3 Å². The van der Waals surface area contributed by atoms with E-state index in [1.165, 1.54) is 34.9 Å². The Labute approximate surface area is 102 Å². The molecule has 0 spiro atoms. The Balaban J connectivity index is 2.25. The van der Waals surface area contributed by atoms with E-state index in [4.69, 9.17) is 5.73 Å². The van der Waals surface area contributed by atoms with Crippen molar-refractivity contribution in [1.29, 1.82) is 0 Å². The number of rotatable bonds is 2. The Morgan fingerprint density at radius 2 is 2.12 bits per heavy atom. The Morgan fingerprint density at radius 3 is 2.88 bits per heavy atom. The van der Waals surface area contributed by atoms with Gasteiger partial charge in [0, 0.05) is 24.2 Å². The lowest BCUT2D eigenvalue weighted by molar-refractivity contribution is 0.604. The zero-order valence-electron chi connectivity index (χ0n) is 10.6. The lowest BCUT2D eigenvalue weighted by Crippen LogP contribution is -2.22. The smallest absolute Gasteiger partial charge is 0.0515 e. The second kappa shape index (κ2) is 3.88. The van der Waals surface area contributed by atoms with Gasteiger partial charge in [0.05, 0.1) is 5.52 Å². The quantitative estimate of drug-likeness (QED) is 0.841. The fourth-order valence-corrected chi connectivity index (χ4v) is 2.93. The molecule has 1 aliphatic rings. The third-order valence-corrected chi connectivity index (χ3v) is 4.14. The average molecular weight is 228 g/mol. The maximum absolute atomic E-state index is 6.05. The summed E-state index contributed by atoms with van der Waals surface area (Å²) in [4.78, 5) is 0. The maximum atomic E-state index is 6.05. The molecule has 2 aromatic rings. The van der Waals surface area contributed by atoms with Crippen LogP contribution in [0.1, 0.15) is 37.3 Å². The Hall–Kier alpha value is -1.28. The lowest BCUT2D eigenvalue weighted by Gasteiger charge is -2.15. The summed E-state index contributed by atoms with van der Waals surface area (Å²) in [6, 6.07) is 6.90. The summed E-state index contributed by atoms with van der Waals surface area (Å²) < 4.78 is 2.42. The first-order chi connectivity index (χ1) is 8.18. The van der Waals surface area contributed by atoms with Crippen molar-refractivity contribution in [2.75, 3.05) is 0 Å². The first-order valence-electron chi connectivity index (χ1n) is 6.54. The highest BCUT2D eigenvalue weighted by Gasteiger charge is 2.20. The zero-order chi connectivity index (χ0) is 12.0. The van der Waals surface area contributed by atoms with Crippen molar-refractivity contribution in [2.24, 2.45) is 5.73 Å². The van der Waals surface area contributed by atoms with E-state index in [0.29, 0.717) is 5.92 Å². The van der Waals surface area contributed by atoms with Gasteiger partial charge in [0.25, 0.3) is 0 Å². The van der Waals surface area contributed by atoms with Crippen LogP contribution in [0.2, 0.25) is 0 Å². The number of hydrogen-bond donors (Lipinski definition) is 1. The number of nitrogens with zero attached hydrogens (tertiary/aromatic N) is 1. The normalized spacial score (nSPS) is 18.3. The van der Waals surface area contributed by atoms with Gasteiger partial charge in [-0.25, -0.2) is 0 Å². The molecule has 2 N–H and O–H groups in total. The number of para-hydroxylation sites is 1. The van der Waals surface area contributed by atoms with Gasteiger partial charge in [0.2, 0.25) is 0 Å². The van der Waals surface area contributed by atoms with Gasteiger partial charge in [-0.3, -0.25) is 0 Å². The van der Waals surface area contributed by atoms with E-state index in [1.54, 1.807) is 0 Å². The van der Waals surface area contributed by atoms with Crippen LogP contribution in [-0.2, 0) is 13.0 Å². The fourth-order valence-electron chi connectivity index (χ4n) is 2.93. The summed E-state index contributed by atoms with van der Waals surface area (Å²) >= 11 is 0. The van der Waals surface area contributed by atoms with E-state index < -0.39 is 0 Å². The van der Waals surface area contributed by atoms with Crippen LogP contribution in [0.5, 0.6) is 0 Å². The minimum Gasteiger partial charge on any atom is -0.347 e. The Morgan fingerprint density at radius 1 is 1.29 bits per heavy atom. The van der Waals surface area contributed by atoms with Gasteiger partial charge in [0.1, 0.15) is 0 Å². The summed E-state index contributed by atoms with van der Waals surface area (Å²) in [5.74, 6) is 0.423. The number of hydrogen-bond acceptors (Lipinski definition) is 1. The molecular formula is C15H20N2. The van der Waals surface area contributed by atoms with Crippen LogP contribution in [0.3, 0.4) is 0 Å². The summed E-state index contributed by atoms with van der Waals surface area (Å²) in [5, 5.41) is 1.41. The SMILES string of the molecule is CC(N)C(C)c1cn2c3c(cccc13)CCC2. The number of nitrogens with two attached hydrogens (primary N) is 1. The van der Waals surface area contributed by atoms with Crippen LogP contribution < -0.4 is 5.73 Å². The van der Waals surface area contributed by atoms with Crippen molar-refractivity contribution < 1.29 is 0 Å². The molecule has 0 amide bonds. The van der Waals surface area contributed by atoms with E-state index in [1.807, 2.05) is 0 Å². The highest BCUT2D eigenvalue weighted by atomic mass is 15.0. The molecule has 2 atom stereocenters. The second-order valence-corrected chi connectivity index (χ2v) is 5.34. The molecule has 0 fully saturated rings. The Bertz CT molecular complexity index is 551. The van der Waals surface area contributed by atoms with Crippen molar-refractivity contribution in [3.8, 4) is 0 Å². The molecule has 0 saturated carbocycles. The average Bonchev–Trinajstić information content (AvgIpc) is 2.70. The molecule has 2 nitrogen and oxygen atoms in total. The molecule has 2 heterocycles. The van der Waals surface area contributed by atoms with Gasteiger partial charge >= 0.3 is 0 Å². The number of aromatic nitrogens is 1. The zero-order valence-corrected chi connectivity index (χ0v) is 10.6. The monoisotopic (exact) mass is 228 g/mol. The predicted octanol–water partition coefficient (Wildman–Crippen LogP) is 3.04. The third-order valence-electron chi connectivity index (χ3n) is 4.14. The van der Waals surface area contributed by atoms with Crippen LogP contribution >= 0.6 is 0 Å². The minimum atomic E-state index is 0.207. The molecule has 1 aliphatic heterocycles. The predicted molar refractivity (Wildman–Crippen MR) is 72.3 cm³/mol. The van der Waals surface area contributed by atoms with E-state index in [-0.39, 0.29) is 6.04 Å². The lowest BCUT2D eigenvalue weighted by atomic mass is 9.93. The largest absolute Gasteiger partial charge is 0.347 e. The molecule has 0 radical (unpaired) electrons. The van der Waals surface area contributed by atoms with Crippen LogP contribution in [0.15, 0.2) is 24.4 Å². The first-order valence-corrected chi connectivity index (χ1v) is 6.54. The molecule has 0 bridgehead atoms. The summed E-state index contributed by atoms with van der Waals surface area (Å²) in [7, 11) is 0. The molecule has 90 valence electrons. The number of benzene rings is 1. The Kier molecular flexibility index (Phi) is 2.48. The molecule has 2 heteroatoms. The van der Waals surface area contributed by atoms with Crippen LogP contribution in [0.25, 0.3) is 10.9 Å². The van der Waals surface area contributed by atoms with Crippen LogP contribution in [0, 0.1) is 0 Å². The fraction of sp³-hybridized carbons (Fsp3) is 0.467. The van der Waals surface area contributed by atoms with E-state index in [2.05, 4.69) is 42.8 Å². The molecule has 1 aromatic heterocycles. The molecule has 1 aromatic carbocycles. The van der Waals surface area contributed by atoms with Crippen molar-refractivity contribution in [3.05, 3.63) is 35.5 Å². The standard InChI is InChI=1S/C15H20N2/c1-10(11(2)16)14-9-17-8-4-6-12-5-3-7-13(14)15(12)17/h3,5,7,9-11H,4,6,8,16H2,1-2H3. The minimum absolute atomic E-state index is 0.207. The van der Waals surface area contributed by atoms with Gasteiger partial charge in [-0.2, -0.15) is 0 Å². The summed E-state index contributed by atoms with van der Waals surface area (Å²) in [6.07, 6.45) is 4.79.